The molecule has 8 heteroatoms. The monoisotopic (exact) mass is 370 g/mol. The van der Waals surface area contributed by atoms with Crippen molar-refractivity contribution < 1.29 is 13.2 Å². The molecule has 0 fully saturated rings. The van der Waals surface area contributed by atoms with Gasteiger partial charge in [-0.15, -0.1) is 0 Å². The first-order valence-electron chi connectivity index (χ1n) is 6.35. The summed E-state index contributed by atoms with van der Waals surface area (Å²) in [4.78, 5) is 2.25. The fourth-order valence-electron chi connectivity index (χ4n) is 1.63. The van der Waals surface area contributed by atoms with Crippen molar-refractivity contribution in [3.05, 3.63) is 70.9 Å². The molecule has 23 heavy (non-hydrogen) atoms. The number of sulfonamides is 1. The van der Waals surface area contributed by atoms with Gasteiger partial charge in [0.25, 0.3) is 10.0 Å². The lowest BCUT2D eigenvalue weighted by Crippen LogP contribution is -2.18. The van der Waals surface area contributed by atoms with E-state index in [2.05, 4.69) is 9.93 Å². The zero-order valence-electron chi connectivity index (χ0n) is 11.7. The van der Waals surface area contributed by atoms with Crippen LogP contribution in [-0.4, -0.2) is 14.6 Å². The molecule has 0 aliphatic heterocycles. The number of halogens is 2. The van der Waals surface area contributed by atoms with E-state index < -0.39 is 10.0 Å². The number of hydrazone groups is 1. The first kappa shape index (κ1) is 17.3. The van der Waals surface area contributed by atoms with Crippen LogP contribution in [0.25, 0.3) is 0 Å². The summed E-state index contributed by atoms with van der Waals surface area (Å²) in [6, 6.07) is 14.7. The molecular weight excluding hydrogens is 359 g/mol. The SMILES string of the molecule is O=S(=O)(N/N=C/c1ccccc1O/C(Cl)=C\Cl)c1ccccc1. The second-order valence-electron chi connectivity index (χ2n) is 4.22. The lowest BCUT2D eigenvalue weighted by Gasteiger charge is -2.06. The highest BCUT2D eigenvalue weighted by Crippen LogP contribution is 2.20. The summed E-state index contributed by atoms with van der Waals surface area (Å²) in [6.45, 7) is 0. The van der Waals surface area contributed by atoms with Gasteiger partial charge in [-0.2, -0.15) is 13.5 Å². The molecule has 0 heterocycles. The summed E-state index contributed by atoms with van der Waals surface area (Å²) in [5.74, 6) is 0.386. The van der Waals surface area contributed by atoms with Crippen molar-refractivity contribution >= 4 is 39.4 Å². The third kappa shape index (κ3) is 4.99. The maximum atomic E-state index is 12.0. The first-order valence-corrected chi connectivity index (χ1v) is 8.65. The van der Waals surface area contributed by atoms with E-state index >= 15 is 0 Å². The highest BCUT2D eigenvalue weighted by Gasteiger charge is 2.11. The van der Waals surface area contributed by atoms with Crippen molar-refractivity contribution in [1.82, 2.24) is 4.83 Å². The molecule has 5 nitrogen and oxygen atoms in total. The molecule has 0 aromatic heterocycles. The third-order valence-corrected chi connectivity index (χ3v) is 4.38. The third-order valence-electron chi connectivity index (χ3n) is 2.64. The quantitative estimate of drug-likeness (QED) is 0.479. The summed E-state index contributed by atoms with van der Waals surface area (Å²) >= 11 is 11.2. The predicted molar refractivity (Wildman–Crippen MR) is 91.2 cm³/mol. The molecule has 0 atom stereocenters. The summed E-state index contributed by atoms with van der Waals surface area (Å²) < 4.78 is 29.3. The Labute approximate surface area is 144 Å². The van der Waals surface area contributed by atoms with Gasteiger partial charge in [-0.25, -0.2) is 4.83 Å². The Balaban J connectivity index is 2.15. The van der Waals surface area contributed by atoms with Crippen molar-refractivity contribution in [2.75, 3.05) is 0 Å². The Hall–Kier alpha value is -2.02. The minimum absolute atomic E-state index is 0.0163. The van der Waals surface area contributed by atoms with Crippen molar-refractivity contribution in [3.63, 3.8) is 0 Å². The van der Waals surface area contributed by atoms with Crippen LogP contribution >= 0.6 is 23.2 Å². The smallest absolute Gasteiger partial charge is 0.276 e. The van der Waals surface area contributed by atoms with Crippen molar-refractivity contribution in [3.8, 4) is 5.75 Å². The largest absolute Gasteiger partial charge is 0.444 e. The van der Waals surface area contributed by atoms with E-state index in [1.807, 2.05) is 0 Å². The van der Waals surface area contributed by atoms with Gasteiger partial charge >= 0.3 is 0 Å². The number of nitrogens with one attached hydrogen (secondary N) is 1. The number of ether oxygens (including phenoxy) is 1. The molecule has 0 unspecified atom stereocenters. The summed E-state index contributed by atoms with van der Waals surface area (Å²) in [5, 5.41) is 3.73. The lowest BCUT2D eigenvalue weighted by molar-refractivity contribution is 0.463. The minimum atomic E-state index is -3.72. The number of para-hydroxylation sites is 1. The highest BCUT2D eigenvalue weighted by atomic mass is 35.5. The van der Waals surface area contributed by atoms with E-state index in [0.29, 0.717) is 11.3 Å². The van der Waals surface area contributed by atoms with Gasteiger partial charge in [-0.05, 0) is 35.9 Å². The van der Waals surface area contributed by atoms with Crippen LogP contribution in [0.4, 0.5) is 0 Å². The van der Waals surface area contributed by atoms with Crippen LogP contribution in [0, 0.1) is 0 Å². The van der Waals surface area contributed by atoms with Crippen LogP contribution in [0.3, 0.4) is 0 Å². The van der Waals surface area contributed by atoms with Crippen molar-refractivity contribution in [1.29, 1.82) is 0 Å². The Kier molecular flexibility index (Phi) is 6.04. The predicted octanol–water partition coefficient (Wildman–Crippen LogP) is 3.65. The Bertz CT molecular complexity index is 822. The van der Waals surface area contributed by atoms with Gasteiger partial charge < -0.3 is 4.74 Å². The molecule has 1 N–H and O–H groups in total. The standard InChI is InChI=1S/C15H12Cl2N2O3S/c16-10-15(17)22-14-9-5-4-6-12(14)11-18-19-23(20,21)13-7-2-1-3-8-13/h1-11,19H/b15-10-,18-11+. The molecule has 0 amide bonds. The average Bonchev–Trinajstić information content (AvgIpc) is 2.57. The van der Waals surface area contributed by atoms with Crippen molar-refractivity contribution in [2.24, 2.45) is 5.10 Å². The number of benzene rings is 2. The maximum Gasteiger partial charge on any atom is 0.276 e. The number of nitrogens with zero attached hydrogens (tertiary/aromatic N) is 1. The summed E-state index contributed by atoms with van der Waals surface area (Å²) in [7, 11) is -3.72. The Morgan fingerprint density at radius 3 is 2.43 bits per heavy atom. The van der Waals surface area contributed by atoms with Gasteiger partial charge in [0.05, 0.1) is 16.6 Å². The second kappa shape index (κ2) is 8.01. The molecular formula is C15H12Cl2N2O3S. The molecule has 2 aromatic rings. The topological polar surface area (TPSA) is 67.8 Å². The zero-order chi connectivity index (χ0) is 16.7. The molecule has 0 radical (unpaired) electrons. The van der Waals surface area contributed by atoms with Gasteiger partial charge in [0, 0.05) is 5.56 Å². The molecule has 0 saturated heterocycles. The molecule has 0 saturated carbocycles. The van der Waals surface area contributed by atoms with Crippen LogP contribution in [0.5, 0.6) is 5.75 Å². The van der Waals surface area contributed by atoms with Gasteiger partial charge in [0.2, 0.25) is 5.22 Å². The second-order valence-corrected chi connectivity index (χ2v) is 6.47. The summed E-state index contributed by atoms with van der Waals surface area (Å²) in [5.41, 5.74) is 1.60. The fraction of sp³-hybridized carbons (Fsp3) is 0. The van der Waals surface area contributed by atoms with Crippen LogP contribution in [0.15, 0.2) is 75.3 Å². The average molecular weight is 371 g/mol. The maximum absolute atomic E-state index is 12.0. The van der Waals surface area contributed by atoms with E-state index in [1.54, 1.807) is 42.5 Å². The molecule has 2 aromatic carbocycles. The molecule has 0 aliphatic rings. The van der Waals surface area contributed by atoms with E-state index in [0.717, 1.165) is 5.54 Å². The van der Waals surface area contributed by atoms with E-state index in [4.69, 9.17) is 27.9 Å². The Morgan fingerprint density at radius 2 is 1.74 bits per heavy atom. The van der Waals surface area contributed by atoms with Crippen LogP contribution in [-0.2, 0) is 10.0 Å². The van der Waals surface area contributed by atoms with Crippen LogP contribution < -0.4 is 9.57 Å². The molecule has 0 spiro atoms. The minimum Gasteiger partial charge on any atom is -0.444 e. The van der Waals surface area contributed by atoms with Gasteiger partial charge in [-0.1, -0.05) is 41.9 Å². The first-order chi connectivity index (χ1) is 11.0. The normalized spacial score (nSPS) is 12.3. The molecule has 2 rings (SSSR count). The zero-order valence-corrected chi connectivity index (χ0v) is 14.0. The Morgan fingerprint density at radius 1 is 1.09 bits per heavy atom. The number of rotatable bonds is 6. The van der Waals surface area contributed by atoms with E-state index in [9.17, 15) is 8.42 Å². The highest BCUT2D eigenvalue weighted by molar-refractivity contribution is 7.89. The lowest BCUT2D eigenvalue weighted by atomic mass is 10.2. The fourth-order valence-corrected chi connectivity index (χ4v) is 2.57. The van der Waals surface area contributed by atoms with E-state index in [1.165, 1.54) is 18.3 Å². The van der Waals surface area contributed by atoms with E-state index in [-0.39, 0.29) is 10.1 Å². The van der Waals surface area contributed by atoms with Crippen molar-refractivity contribution in [2.45, 2.75) is 4.90 Å². The number of hydrogen-bond acceptors (Lipinski definition) is 4. The van der Waals surface area contributed by atoms with Gasteiger partial charge in [-0.3, -0.25) is 0 Å². The molecule has 120 valence electrons. The van der Waals surface area contributed by atoms with Gasteiger partial charge in [0.1, 0.15) is 5.75 Å². The van der Waals surface area contributed by atoms with Crippen LogP contribution in [0.1, 0.15) is 5.56 Å². The molecule has 0 bridgehead atoms. The summed E-state index contributed by atoms with van der Waals surface area (Å²) in [6.07, 6.45) is 1.31. The van der Waals surface area contributed by atoms with Crippen LogP contribution in [0.2, 0.25) is 0 Å². The van der Waals surface area contributed by atoms with Gasteiger partial charge in [0.15, 0.2) is 0 Å². The number of hydrogen-bond donors (Lipinski definition) is 1. The molecule has 0 aliphatic carbocycles.